The van der Waals surface area contributed by atoms with Crippen LogP contribution in [-0.2, 0) is 0 Å². The first-order valence-electron chi connectivity index (χ1n) is 5.73. The first-order valence-corrected chi connectivity index (χ1v) is 7.94. The van der Waals surface area contributed by atoms with Gasteiger partial charge in [-0.15, -0.1) is 11.8 Å². The van der Waals surface area contributed by atoms with Crippen LogP contribution in [0.15, 0.2) is 16.9 Å². The molecule has 1 aromatic heterocycles. The third-order valence-electron chi connectivity index (χ3n) is 2.89. The Morgan fingerprint density at radius 1 is 1.26 bits per heavy atom. The monoisotopic (exact) mass is 300 g/mol. The Morgan fingerprint density at radius 3 is 2.79 bits per heavy atom. The number of hydrogen-bond acceptors (Lipinski definition) is 4. The van der Waals surface area contributed by atoms with Crippen molar-refractivity contribution < 1.29 is 8.78 Å². The number of nitrogens with one attached hydrogen (secondary N) is 1. The molecule has 0 saturated carbocycles. The fourth-order valence-corrected chi connectivity index (χ4v) is 4.57. The highest BCUT2D eigenvalue weighted by atomic mass is 32.2. The number of nitrogens with zero attached hydrogens (tertiary/aromatic N) is 1. The highest BCUT2D eigenvalue weighted by molar-refractivity contribution is 8.06. The van der Waals surface area contributed by atoms with Crippen molar-refractivity contribution in [3.63, 3.8) is 0 Å². The van der Waals surface area contributed by atoms with Gasteiger partial charge in [0.2, 0.25) is 0 Å². The highest BCUT2D eigenvalue weighted by Gasteiger charge is 2.20. The Hall–Kier alpha value is -1.08. The molecule has 1 aliphatic rings. The predicted molar refractivity (Wildman–Crippen MR) is 74.8 cm³/mol. The number of hydrogen-bond donors (Lipinski definition) is 1. The summed E-state index contributed by atoms with van der Waals surface area (Å²) >= 11 is 3.52. The molecule has 3 nitrogen and oxygen atoms in total. The summed E-state index contributed by atoms with van der Waals surface area (Å²) in [4.78, 5) is 18.8. The van der Waals surface area contributed by atoms with E-state index in [1.807, 2.05) is 0 Å². The van der Waals surface area contributed by atoms with Crippen LogP contribution in [0.3, 0.4) is 0 Å². The topological polar surface area (TPSA) is 45.8 Å². The summed E-state index contributed by atoms with van der Waals surface area (Å²) in [5, 5.41) is 0.181. The van der Waals surface area contributed by atoms with Crippen molar-refractivity contribution >= 4 is 34.4 Å². The minimum Gasteiger partial charge on any atom is -0.309 e. The van der Waals surface area contributed by atoms with E-state index in [0.717, 1.165) is 29.4 Å². The summed E-state index contributed by atoms with van der Waals surface area (Å²) in [6, 6.07) is 1.87. The van der Waals surface area contributed by atoms with E-state index in [2.05, 4.69) is 9.97 Å². The fraction of sp³-hybridized carbons (Fsp3) is 0.333. The molecule has 0 radical (unpaired) electrons. The Bertz CT molecular complexity index is 683. The lowest BCUT2D eigenvalue weighted by molar-refractivity contribution is 0.510. The first-order chi connectivity index (χ1) is 9.15. The average molecular weight is 300 g/mol. The summed E-state index contributed by atoms with van der Waals surface area (Å²) in [6.45, 7) is 0. The molecule has 0 amide bonds. The van der Waals surface area contributed by atoms with Gasteiger partial charge in [0.05, 0.1) is 16.2 Å². The highest BCUT2D eigenvalue weighted by Crippen LogP contribution is 2.34. The Labute approximate surface area is 116 Å². The SMILES string of the molecule is O=c1[nH]c(C2CSCCS2)nc2cc(F)c(F)cc12. The fourth-order valence-electron chi connectivity index (χ4n) is 1.95. The second kappa shape index (κ2) is 5.13. The third-order valence-corrected chi connectivity index (χ3v) is 5.65. The molecule has 2 heterocycles. The van der Waals surface area contributed by atoms with Crippen LogP contribution in [-0.4, -0.2) is 27.2 Å². The van der Waals surface area contributed by atoms with Crippen LogP contribution in [0.1, 0.15) is 11.1 Å². The number of H-pyrrole nitrogens is 1. The van der Waals surface area contributed by atoms with Crippen molar-refractivity contribution in [2.45, 2.75) is 5.25 Å². The van der Waals surface area contributed by atoms with Crippen LogP contribution in [0.2, 0.25) is 0 Å². The zero-order valence-corrected chi connectivity index (χ0v) is 11.4. The lowest BCUT2D eigenvalue weighted by atomic mass is 10.2. The van der Waals surface area contributed by atoms with Gasteiger partial charge in [-0.3, -0.25) is 4.79 Å². The number of benzene rings is 1. The molecule has 7 heteroatoms. The smallest absolute Gasteiger partial charge is 0.258 e. The second-order valence-electron chi connectivity index (χ2n) is 4.17. The molecule has 3 rings (SSSR count). The molecule has 1 saturated heterocycles. The number of halogens is 2. The quantitative estimate of drug-likeness (QED) is 0.879. The Balaban J connectivity index is 2.13. The van der Waals surface area contributed by atoms with Gasteiger partial charge in [0.25, 0.3) is 5.56 Å². The van der Waals surface area contributed by atoms with Crippen molar-refractivity contribution in [1.82, 2.24) is 9.97 Å². The standard InChI is InChI=1S/C12H10F2N2OS2/c13-7-3-6-9(4-8(7)14)15-11(16-12(6)17)10-5-18-1-2-19-10/h3-4,10H,1-2,5H2,(H,15,16,17). The zero-order chi connectivity index (χ0) is 13.4. The molecule has 19 heavy (non-hydrogen) atoms. The van der Waals surface area contributed by atoms with E-state index < -0.39 is 17.2 Å². The van der Waals surface area contributed by atoms with E-state index in [0.29, 0.717) is 5.82 Å². The van der Waals surface area contributed by atoms with E-state index >= 15 is 0 Å². The van der Waals surface area contributed by atoms with Gasteiger partial charge in [-0.05, 0) is 6.07 Å². The maximum absolute atomic E-state index is 13.2. The van der Waals surface area contributed by atoms with Crippen LogP contribution in [0, 0.1) is 11.6 Å². The largest absolute Gasteiger partial charge is 0.309 e. The average Bonchev–Trinajstić information content (AvgIpc) is 2.42. The van der Waals surface area contributed by atoms with Gasteiger partial charge >= 0.3 is 0 Å². The number of fused-ring (bicyclic) bond motifs is 1. The van der Waals surface area contributed by atoms with Gasteiger partial charge in [-0.2, -0.15) is 11.8 Å². The maximum atomic E-state index is 13.2. The molecule has 1 fully saturated rings. The van der Waals surface area contributed by atoms with Gasteiger partial charge in [0.1, 0.15) is 5.82 Å². The number of aromatic nitrogens is 2. The molecule has 0 spiro atoms. The first kappa shape index (κ1) is 12.9. The van der Waals surface area contributed by atoms with Gasteiger partial charge in [0, 0.05) is 23.3 Å². The molecule has 2 aromatic rings. The van der Waals surface area contributed by atoms with E-state index in [9.17, 15) is 13.6 Å². The summed E-state index contributed by atoms with van der Waals surface area (Å²) in [6.07, 6.45) is 0. The number of thioether (sulfide) groups is 2. The summed E-state index contributed by atoms with van der Waals surface area (Å²) < 4.78 is 26.3. The Kier molecular flexibility index (Phi) is 3.49. The molecule has 0 aliphatic carbocycles. The molecule has 1 atom stereocenters. The molecule has 1 aliphatic heterocycles. The molecule has 100 valence electrons. The van der Waals surface area contributed by atoms with E-state index in [4.69, 9.17) is 0 Å². The van der Waals surface area contributed by atoms with Crippen LogP contribution < -0.4 is 5.56 Å². The molecular weight excluding hydrogens is 290 g/mol. The minimum absolute atomic E-state index is 0.0797. The predicted octanol–water partition coefficient (Wildman–Crippen LogP) is 2.72. The van der Waals surface area contributed by atoms with Gasteiger partial charge < -0.3 is 4.98 Å². The van der Waals surface area contributed by atoms with Crippen LogP contribution in [0.4, 0.5) is 8.78 Å². The molecule has 0 bridgehead atoms. The van der Waals surface area contributed by atoms with Crippen molar-refractivity contribution in [2.24, 2.45) is 0 Å². The molecule has 1 aromatic carbocycles. The van der Waals surface area contributed by atoms with Crippen LogP contribution >= 0.6 is 23.5 Å². The van der Waals surface area contributed by atoms with Gasteiger partial charge in [-0.1, -0.05) is 0 Å². The van der Waals surface area contributed by atoms with Crippen molar-refractivity contribution in [2.75, 3.05) is 17.3 Å². The van der Waals surface area contributed by atoms with Crippen LogP contribution in [0.5, 0.6) is 0 Å². The van der Waals surface area contributed by atoms with Crippen molar-refractivity contribution in [1.29, 1.82) is 0 Å². The summed E-state index contributed by atoms with van der Waals surface area (Å²) in [5.74, 6) is 1.47. The molecule has 1 N–H and O–H groups in total. The van der Waals surface area contributed by atoms with E-state index in [1.54, 1.807) is 23.5 Å². The van der Waals surface area contributed by atoms with Crippen molar-refractivity contribution in [3.8, 4) is 0 Å². The second-order valence-corrected chi connectivity index (χ2v) is 6.63. The zero-order valence-electron chi connectivity index (χ0n) is 9.78. The van der Waals surface area contributed by atoms with E-state index in [1.165, 1.54) is 0 Å². The Morgan fingerprint density at radius 2 is 2.05 bits per heavy atom. The maximum Gasteiger partial charge on any atom is 0.258 e. The van der Waals surface area contributed by atoms with Gasteiger partial charge in [-0.25, -0.2) is 13.8 Å². The number of rotatable bonds is 1. The lowest BCUT2D eigenvalue weighted by Crippen LogP contribution is -2.17. The third kappa shape index (κ3) is 2.49. The summed E-state index contributed by atoms with van der Waals surface area (Å²) in [5.41, 5.74) is -0.219. The van der Waals surface area contributed by atoms with Crippen LogP contribution in [0.25, 0.3) is 10.9 Å². The minimum atomic E-state index is -1.03. The van der Waals surface area contributed by atoms with Gasteiger partial charge in [0.15, 0.2) is 11.6 Å². The van der Waals surface area contributed by atoms with E-state index in [-0.39, 0.29) is 16.2 Å². The normalized spacial score (nSPS) is 19.8. The van der Waals surface area contributed by atoms with Crippen molar-refractivity contribution in [3.05, 3.63) is 39.9 Å². The lowest BCUT2D eigenvalue weighted by Gasteiger charge is -2.20. The number of aromatic amines is 1. The molecular formula is C12H10F2N2OS2. The molecule has 1 unspecified atom stereocenters. The summed E-state index contributed by atoms with van der Waals surface area (Å²) in [7, 11) is 0.